The molecule has 5 heteroatoms. The topological polar surface area (TPSA) is 70.9 Å². The number of carboxylic acid groups (broad SMARTS) is 1. The molecule has 2 aliphatic rings. The molecule has 5 nitrogen and oxygen atoms in total. The van der Waals surface area contributed by atoms with Gasteiger partial charge >= 0.3 is 5.97 Å². The number of hydrogen-bond donors (Lipinski definition) is 2. The Labute approximate surface area is 130 Å². The van der Waals surface area contributed by atoms with Crippen LogP contribution >= 0.6 is 0 Å². The molecule has 0 aliphatic carbocycles. The largest absolute Gasteiger partial charge is 0.481 e. The first-order chi connectivity index (χ1) is 10.6. The van der Waals surface area contributed by atoms with Gasteiger partial charge in [-0.2, -0.15) is 0 Å². The highest BCUT2D eigenvalue weighted by atomic mass is 16.6. The van der Waals surface area contributed by atoms with E-state index in [-0.39, 0.29) is 6.10 Å². The quantitative estimate of drug-likeness (QED) is 0.895. The first-order valence-electron chi connectivity index (χ1n) is 7.83. The maximum absolute atomic E-state index is 11.7. The van der Waals surface area contributed by atoms with Gasteiger partial charge in [-0.05, 0) is 38.4 Å². The highest BCUT2D eigenvalue weighted by Crippen LogP contribution is 2.37. The van der Waals surface area contributed by atoms with Crippen molar-refractivity contribution in [3.05, 3.63) is 35.4 Å². The lowest BCUT2D eigenvalue weighted by Gasteiger charge is -2.34. The molecule has 3 rings (SSSR count). The molecule has 1 fully saturated rings. The van der Waals surface area contributed by atoms with Crippen molar-refractivity contribution in [2.75, 3.05) is 13.1 Å². The van der Waals surface area contributed by atoms with Crippen LogP contribution in [0.4, 0.5) is 0 Å². The molecule has 0 aromatic heterocycles. The third-order valence-corrected chi connectivity index (χ3v) is 4.75. The second-order valence-electron chi connectivity index (χ2n) is 6.38. The predicted octanol–water partition coefficient (Wildman–Crippen LogP) is 2.33. The molecule has 1 aromatic carbocycles. The van der Waals surface area contributed by atoms with E-state index in [1.54, 1.807) is 0 Å². The summed E-state index contributed by atoms with van der Waals surface area (Å²) in [6.07, 6.45) is 2.39. The molecule has 1 aromatic rings. The Morgan fingerprint density at radius 1 is 1.36 bits per heavy atom. The Bertz CT molecular complexity index is 574. The number of hydrogen-bond acceptors (Lipinski definition) is 4. The van der Waals surface area contributed by atoms with Gasteiger partial charge in [0.1, 0.15) is 6.10 Å². The number of carbonyl (C=O) groups is 1. The fourth-order valence-electron chi connectivity index (χ4n) is 3.30. The maximum atomic E-state index is 11.7. The lowest BCUT2D eigenvalue weighted by Crippen LogP contribution is -2.44. The molecule has 0 saturated carbocycles. The number of aryl methyl sites for hydroxylation is 1. The van der Waals surface area contributed by atoms with E-state index in [1.165, 1.54) is 5.56 Å². The van der Waals surface area contributed by atoms with Crippen molar-refractivity contribution in [3.8, 4) is 0 Å². The second kappa shape index (κ2) is 6.08. The first-order valence-corrected chi connectivity index (χ1v) is 7.83. The number of rotatable bonds is 4. The fraction of sp³-hybridized carbons (Fsp3) is 0.529. The third kappa shape index (κ3) is 2.99. The molecule has 2 heterocycles. The zero-order chi connectivity index (χ0) is 15.6. The van der Waals surface area contributed by atoms with E-state index in [0.29, 0.717) is 25.7 Å². The molecule has 0 radical (unpaired) electrons. The molecule has 0 spiro atoms. The molecule has 2 aliphatic heterocycles. The van der Waals surface area contributed by atoms with Gasteiger partial charge in [0.25, 0.3) is 0 Å². The zero-order valence-corrected chi connectivity index (χ0v) is 12.8. The lowest BCUT2D eigenvalue weighted by atomic mass is 9.74. The molecule has 118 valence electrons. The van der Waals surface area contributed by atoms with Crippen LogP contribution in [0.3, 0.4) is 0 Å². The number of oxime groups is 1. The smallest absolute Gasteiger partial charge is 0.309 e. The van der Waals surface area contributed by atoms with E-state index in [4.69, 9.17) is 4.84 Å². The van der Waals surface area contributed by atoms with Crippen molar-refractivity contribution < 1.29 is 14.7 Å². The monoisotopic (exact) mass is 302 g/mol. The van der Waals surface area contributed by atoms with E-state index < -0.39 is 11.4 Å². The molecular weight excluding hydrogens is 280 g/mol. The van der Waals surface area contributed by atoms with Gasteiger partial charge in [-0.15, -0.1) is 0 Å². The SMILES string of the molecule is Cc1ccc(C2=NO[C@H](CC3(C(=O)O)CCNCC3)C2)cc1. The van der Waals surface area contributed by atoms with E-state index in [9.17, 15) is 9.90 Å². The number of nitrogens with zero attached hydrogens (tertiary/aromatic N) is 1. The average Bonchev–Trinajstić information content (AvgIpc) is 2.97. The molecule has 1 atom stereocenters. The third-order valence-electron chi connectivity index (χ3n) is 4.75. The molecule has 0 amide bonds. The highest BCUT2D eigenvalue weighted by molar-refractivity contribution is 6.01. The minimum atomic E-state index is -0.707. The zero-order valence-electron chi connectivity index (χ0n) is 12.8. The molecule has 1 saturated heterocycles. The number of nitrogens with one attached hydrogen (secondary N) is 1. The van der Waals surface area contributed by atoms with Crippen LogP contribution in [-0.4, -0.2) is 36.0 Å². The normalized spacial score (nSPS) is 23.7. The van der Waals surface area contributed by atoms with Crippen molar-refractivity contribution >= 4 is 11.7 Å². The van der Waals surface area contributed by atoms with Crippen molar-refractivity contribution in [1.29, 1.82) is 0 Å². The van der Waals surface area contributed by atoms with Crippen LogP contribution < -0.4 is 5.32 Å². The van der Waals surface area contributed by atoms with Crippen LogP contribution in [0.15, 0.2) is 29.4 Å². The van der Waals surface area contributed by atoms with E-state index in [1.807, 2.05) is 19.1 Å². The second-order valence-corrected chi connectivity index (χ2v) is 6.38. The van der Waals surface area contributed by atoms with Gasteiger partial charge in [-0.3, -0.25) is 4.79 Å². The summed E-state index contributed by atoms with van der Waals surface area (Å²) in [5.41, 5.74) is 2.51. The summed E-state index contributed by atoms with van der Waals surface area (Å²) in [7, 11) is 0. The predicted molar refractivity (Wildman–Crippen MR) is 84.0 cm³/mol. The Hall–Kier alpha value is -1.88. The van der Waals surface area contributed by atoms with Crippen molar-refractivity contribution in [1.82, 2.24) is 5.32 Å². The Morgan fingerprint density at radius 3 is 2.68 bits per heavy atom. The van der Waals surface area contributed by atoms with E-state index >= 15 is 0 Å². The van der Waals surface area contributed by atoms with Gasteiger partial charge in [-0.25, -0.2) is 0 Å². The summed E-state index contributed by atoms with van der Waals surface area (Å²) in [5, 5.41) is 17.0. The summed E-state index contributed by atoms with van der Waals surface area (Å²) in [6, 6.07) is 8.18. The number of carboxylic acids is 1. The van der Waals surface area contributed by atoms with Crippen LogP contribution in [0, 0.1) is 12.3 Å². The van der Waals surface area contributed by atoms with Crippen LogP contribution in [0.5, 0.6) is 0 Å². The first kappa shape index (κ1) is 15.0. The number of benzene rings is 1. The van der Waals surface area contributed by atoms with Gasteiger partial charge < -0.3 is 15.3 Å². The van der Waals surface area contributed by atoms with Gasteiger partial charge in [0, 0.05) is 12.8 Å². The summed E-state index contributed by atoms with van der Waals surface area (Å²) < 4.78 is 0. The van der Waals surface area contributed by atoms with Crippen LogP contribution in [0.1, 0.15) is 36.8 Å². The van der Waals surface area contributed by atoms with Crippen molar-refractivity contribution in [3.63, 3.8) is 0 Å². The van der Waals surface area contributed by atoms with Crippen LogP contribution in [0.2, 0.25) is 0 Å². The minimum absolute atomic E-state index is 0.134. The lowest BCUT2D eigenvalue weighted by molar-refractivity contribution is -0.153. The fourth-order valence-corrected chi connectivity index (χ4v) is 3.30. The highest BCUT2D eigenvalue weighted by Gasteiger charge is 2.43. The maximum Gasteiger partial charge on any atom is 0.309 e. The number of aliphatic carboxylic acids is 1. The van der Waals surface area contributed by atoms with E-state index in [0.717, 1.165) is 24.4 Å². The van der Waals surface area contributed by atoms with Gasteiger partial charge in [0.15, 0.2) is 0 Å². The van der Waals surface area contributed by atoms with Crippen LogP contribution in [0.25, 0.3) is 0 Å². The Balaban J connectivity index is 1.66. The molecule has 0 bridgehead atoms. The summed E-state index contributed by atoms with van der Waals surface area (Å²) in [6.45, 7) is 3.56. The van der Waals surface area contributed by atoms with Crippen molar-refractivity contribution in [2.24, 2.45) is 10.6 Å². The van der Waals surface area contributed by atoms with E-state index in [2.05, 4.69) is 22.6 Å². The summed E-state index contributed by atoms with van der Waals surface area (Å²) in [5.74, 6) is -0.707. The Morgan fingerprint density at radius 2 is 2.05 bits per heavy atom. The van der Waals surface area contributed by atoms with Gasteiger partial charge in [0.2, 0.25) is 0 Å². The van der Waals surface area contributed by atoms with Crippen molar-refractivity contribution in [2.45, 2.75) is 38.7 Å². The average molecular weight is 302 g/mol. The minimum Gasteiger partial charge on any atom is -0.481 e. The standard InChI is InChI=1S/C17H22N2O3/c1-12-2-4-13(5-3-12)15-10-14(22-19-15)11-17(16(20)21)6-8-18-9-7-17/h2-5,14,18H,6-11H2,1H3,(H,20,21)/t14-/m0/s1. The molecule has 2 N–H and O–H groups in total. The van der Waals surface area contributed by atoms with Gasteiger partial charge in [0.05, 0.1) is 11.1 Å². The van der Waals surface area contributed by atoms with Gasteiger partial charge in [-0.1, -0.05) is 35.0 Å². The molecule has 22 heavy (non-hydrogen) atoms. The Kier molecular flexibility index (Phi) is 4.16. The summed E-state index contributed by atoms with van der Waals surface area (Å²) in [4.78, 5) is 17.3. The van der Waals surface area contributed by atoms with Crippen LogP contribution in [-0.2, 0) is 9.63 Å². The number of piperidine rings is 1. The molecular formula is C17H22N2O3. The molecule has 0 unspecified atom stereocenters. The summed E-state index contributed by atoms with van der Waals surface area (Å²) >= 11 is 0.